The van der Waals surface area contributed by atoms with Crippen LogP contribution in [0.15, 0.2) is 15.4 Å². The molecule has 3 atom stereocenters. The second-order valence-electron chi connectivity index (χ2n) is 12.7. The Morgan fingerprint density at radius 1 is 0.778 bits per heavy atom. The summed E-state index contributed by atoms with van der Waals surface area (Å²) in [5.74, 6) is -8.31. The number of nitrogens with two attached hydrogens (primary N) is 1. The van der Waals surface area contributed by atoms with E-state index < -0.39 is 93.4 Å². The van der Waals surface area contributed by atoms with Crippen molar-refractivity contribution < 1.29 is 66.5 Å². The molecule has 0 radical (unpaired) electrons. The number of amides is 3. The Morgan fingerprint density at radius 2 is 1.44 bits per heavy atom. The van der Waals surface area contributed by atoms with Gasteiger partial charge in [-0.15, -0.1) is 5.10 Å². The van der Waals surface area contributed by atoms with E-state index in [4.69, 9.17) is 15.2 Å². The van der Waals surface area contributed by atoms with Gasteiger partial charge in [-0.25, -0.2) is 13.2 Å². The van der Waals surface area contributed by atoms with Crippen molar-refractivity contribution in [3.05, 3.63) is 0 Å². The first-order chi connectivity index (χ1) is 25.5. The minimum absolute atomic E-state index is 0.0412. The predicted octanol–water partition coefficient (Wildman–Crippen LogP) is 0.295. The second kappa shape index (κ2) is 26.3. The number of ether oxygens (including phenoxy) is 2. The van der Waals surface area contributed by atoms with Crippen molar-refractivity contribution in [2.24, 2.45) is 27.1 Å². The van der Waals surface area contributed by atoms with Crippen LogP contribution in [0.1, 0.15) is 90.4 Å². The number of nitrogens with zero attached hydrogens (tertiary/aromatic N) is 3. The smallest absolute Gasteiger partial charge is 0.326 e. The number of sulfone groups is 1. The topological polar surface area (TPSA) is 317 Å². The van der Waals surface area contributed by atoms with Gasteiger partial charge in [0.05, 0.1) is 30.6 Å². The van der Waals surface area contributed by atoms with Crippen molar-refractivity contribution in [2.45, 2.75) is 102 Å². The number of hydrogen-bond acceptors (Lipinski definition) is 15. The van der Waals surface area contributed by atoms with Crippen LogP contribution < -0.4 is 16.4 Å². The molecule has 0 aromatic heterocycles. The zero-order valence-corrected chi connectivity index (χ0v) is 31.3. The molecule has 54 heavy (non-hydrogen) atoms. The van der Waals surface area contributed by atoms with Crippen molar-refractivity contribution in [3.8, 4) is 0 Å². The third kappa shape index (κ3) is 22.5. The SMILES string of the molecule is CC[C@H](NC(=O)COCCOCCCC(=O)CC[C@H](NC(=O)CC[C@H](CC(=O)CCCS(=O)(=O)CC(=O)CCCC1=NN=NC1)C(=O)O)C(=O)O)C(N)=O. The lowest BCUT2D eigenvalue weighted by atomic mass is 9.95. The Kier molecular flexibility index (Phi) is 23.1. The van der Waals surface area contributed by atoms with Gasteiger partial charge in [-0.2, -0.15) is 5.11 Å². The molecule has 304 valence electrons. The van der Waals surface area contributed by atoms with Crippen LogP contribution in [0.25, 0.3) is 0 Å². The van der Waals surface area contributed by atoms with Crippen molar-refractivity contribution in [2.75, 3.05) is 44.5 Å². The van der Waals surface area contributed by atoms with Crippen molar-refractivity contribution in [1.29, 1.82) is 0 Å². The first kappa shape index (κ1) is 47.5. The summed E-state index contributed by atoms with van der Waals surface area (Å²) in [5.41, 5.74) is 5.87. The largest absolute Gasteiger partial charge is 0.481 e. The van der Waals surface area contributed by atoms with Gasteiger partial charge in [0.1, 0.15) is 48.3 Å². The third-order valence-corrected chi connectivity index (χ3v) is 9.71. The molecule has 3 amide bonds. The van der Waals surface area contributed by atoms with Gasteiger partial charge in [-0.3, -0.25) is 33.6 Å². The summed E-state index contributed by atoms with van der Waals surface area (Å²) in [5, 5.41) is 34.7. The molecule has 1 rings (SSSR count). The summed E-state index contributed by atoms with van der Waals surface area (Å²) in [6, 6.07) is -2.19. The summed E-state index contributed by atoms with van der Waals surface area (Å²) < 4.78 is 35.1. The molecule has 0 fully saturated rings. The number of ketones is 3. The molecule has 1 aliphatic heterocycles. The Morgan fingerprint density at radius 3 is 2.07 bits per heavy atom. The van der Waals surface area contributed by atoms with E-state index in [0.717, 1.165) is 0 Å². The summed E-state index contributed by atoms with van der Waals surface area (Å²) in [6.45, 7) is 2.19. The maximum Gasteiger partial charge on any atom is 0.326 e. The monoisotopic (exact) mass is 788 g/mol. The number of carboxylic acid groups (broad SMARTS) is 2. The molecule has 0 aromatic carbocycles. The van der Waals surface area contributed by atoms with Crippen molar-refractivity contribution in [1.82, 2.24) is 10.6 Å². The number of nitrogens with one attached hydrogen (secondary N) is 2. The van der Waals surface area contributed by atoms with Crippen LogP contribution in [0.3, 0.4) is 0 Å². The highest BCUT2D eigenvalue weighted by Crippen LogP contribution is 2.16. The molecule has 20 nitrogen and oxygen atoms in total. The molecule has 0 aliphatic carbocycles. The van der Waals surface area contributed by atoms with E-state index in [1.807, 2.05) is 0 Å². The predicted molar refractivity (Wildman–Crippen MR) is 190 cm³/mol. The minimum atomic E-state index is -3.78. The summed E-state index contributed by atoms with van der Waals surface area (Å²) in [6.07, 6.45) is -0.180. The van der Waals surface area contributed by atoms with E-state index in [2.05, 4.69) is 26.1 Å². The van der Waals surface area contributed by atoms with E-state index in [9.17, 15) is 57.0 Å². The lowest BCUT2D eigenvalue weighted by Crippen LogP contribution is -2.45. The van der Waals surface area contributed by atoms with Gasteiger partial charge in [0.25, 0.3) is 0 Å². The van der Waals surface area contributed by atoms with Gasteiger partial charge in [-0.05, 0) is 50.2 Å². The Hall–Kier alpha value is -4.50. The fourth-order valence-electron chi connectivity index (χ4n) is 5.05. The number of primary amides is 1. The minimum Gasteiger partial charge on any atom is -0.481 e. The zero-order chi connectivity index (χ0) is 40.5. The van der Waals surface area contributed by atoms with Gasteiger partial charge >= 0.3 is 11.9 Å². The first-order valence-electron chi connectivity index (χ1n) is 17.7. The van der Waals surface area contributed by atoms with E-state index >= 15 is 0 Å². The number of aliphatic carboxylic acids is 2. The molecule has 1 aliphatic rings. The normalized spacial score (nSPS) is 14.1. The molecular formula is C33H52N6O14S. The molecule has 0 spiro atoms. The molecule has 6 N–H and O–H groups in total. The van der Waals surface area contributed by atoms with Crippen LogP contribution in [0.4, 0.5) is 0 Å². The quantitative estimate of drug-likeness (QED) is 0.0559. The van der Waals surface area contributed by atoms with Gasteiger partial charge in [0, 0.05) is 45.1 Å². The number of carbonyl (C=O) groups is 8. The summed E-state index contributed by atoms with van der Waals surface area (Å²) in [7, 11) is -3.78. The summed E-state index contributed by atoms with van der Waals surface area (Å²) in [4.78, 5) is 95.5. The fourth-order valence-corrected chi connectivity index (χ4v) is 6.42. The molecule has 0 saturated carbocycles. The average Bonchev–Trinajstić information content (AvgIpc) is 3.61. The highest BCUT2D eigenvalue weighted by Gasteiger charge is 2.26. The number of hydrogen-bond donors (Lipinski definition) is 5. The maximum atomic E-state index is 12.4. The third-order valence-electron chi connectivity index (χ3n) is 8.04. The maximum absolute atomic E-state index is 12.4. The van der Waals surface area contributed by atoms with Gasteiger partial charge in [0.2, 0.25) is 17.7 Å². The van der Waals surface area contributed by atoms with Crippen LogP contribution in [-0.2, 0) is 57.7 Å². The molecule has 0 aromatic rings. The number of Topliss-reactive ketones (excluding diaryl/α,β-unsaturated/α-hetero) is 3. The molecule has 1 heterocycles. The number of carbonyl (C=O) groups excluding carboxylic acids is 6. The highest BCUT2D eigenvalue weighted by molar-refractivity contribution is 7.92. The molecule has 0 bridgehead atoms. The van der Waals surface area contributed by atoms with E-state index in [0.29, 0.717) is 37.9 Å². The Bertz CT molecular complexity index is 1480. The summed E-state index contributed by atoms with van der Waals surface area (Å²) >= 11 is 0. The van der Waals surface area contributed by atoms with E-state index in [1.165, 1.54) is 0 Å². The van der Waals surface area contributed by atoms with Crippen LogP contribution >= 0.6 is 0 Å². The lowest BCUT2D eigenvalue weighted by molar-refractivity contribution is -0.145. The van der Waals surface area contributed by atoms with Crippen LogP contribution in [0.2, 0.25) is 0 Å². The lowest BCUT2D eigenvalue weighted by Gasteiger charge is -2.16. The fraction of sp³-hybridized carbons (Fsp3) is 0.727. The van der Waals surface area contributed by atoms with Gasteiger partial charge in [0.15, 0.2) is 9.84 Å². The van der Waals surface area contributed by atoms with Crippen LogP contribution in [-0.4, -0.2) is 128 Å². The Labute approximate surface area is 313 Å². The van der Waals surface area contributed by atoms with Crippen molar-refractivity contribution >= 4 is 62.6 Å². The molecule has 0 unspecified atom stereocenters. The standard InChI is InChI=1S/C33H52N6O14S/c1-2-27(31(34)45)36-30(44)20-53-16-15-52-14-4-8-24(40)11-12-28(33(48)49)37-29(43)13-10-22(32(46)47)18-25(41)9-5-17-54(50,51)21-26(42)7-3-6-23-19-35-39-38-23/h22,27-28H,2-21H2,1H3,(H2,34,45)(H,36,44)(H,37,43)(H,46,47)(H,48,49)/t22-,27+,28+/m1/s1. The molecule has 21 heteroatoms. The zero-order valence-electron chi connectivity index (χ0n) is 30.5. The van der Waals surface area contributed by atoms with Gasteiger partial charge in [-0.1, -0.05) is 6.92 Å². The molecular weight excluding hydrogens is 736 g/mol. The second-order valence-corrected chi connectivity index (χ2v) is 14.9. The number of carboxylic acids is 2. The van der Waals surface area contributed by atoms with Crippen molar-refractivity contribution in [3.63, 3.8) is 0 Å². The van der Waals surface area contributed by atoms with E-state index in [1.54, 1.807) is 6.92 Å². The molecule has 0 saturated heterocycles. The highest BCUT2D eigenvalue weighted by atomic mass is 32.2. The van der Waals surface area contributed by atoms with Crippen LogP contribution in [0, 0.1) is 5.92 Å². The average molecular weight is 789 g/mol. The Balaban J connectivity index is 2.29. The van der Waals surface area contributed by atoms with E-state index in [-0.39, 0.29) is 77.2 Å². The first-order valence-corrected chi connectivity index (χ1v) is 19.5. The van der Waals surface area contributed by atoms with Crippen LogP contribution in [0.5, 0.6) is 0 Å². The number of rotatable bonds is 33. The van der Waals surface area contributed by atoms with Gasteiger partial charge < -0.3 is 36.1 Å².